The maximum Gasteiger partial charge on any atom is 0.340 e. The van der Waals surface area contributed by atoms with Crippen LogP contribution in [-0.2, 0) is 22.5 Å². The number of carbonyl (C=O) groups excluding carboxylic acids is 1. The van der Waals surface area contributed by atoms with Crippen molar-refractivity contribution in [1.29, 1.82) is 0 Å². The Morgan fingerprint density at radius 3 is 2.16 bits per heavy atom. The van der Waals surface area contributed by atoms with E-state index in [1.165, 1.54) is 5.56 Å². The molecule has 1 aliphatic carbocycles. The minimum absolute atomic E-state index is 0.0859. The van der Waals surface area contributed by atoms with Crippen LogP contribution in [0.3, 0.4) is 0 Å². The van der Waals surface area contributed by atoms with E-state index in [2.05, 4.69) is 17.4 Å². The predicted octanol–water partition coefficient (Wildman–Crippen LogP) is 6.35. The second-order valence-electron chi connectivity index (χ2n) is 10.1. The first kappa shape index (κ1) is 26.0. The van der Waals surface area contributed by atoms with Gasteiger partial charge in [0.15, 0.2) is 5.60 Å². The van der Waals surface area contributed by atoms with E-state index >= 15 is 0 Å². The van der Waals surface area contributed by atoms with Gasteiger partial charge < -0.3 is 19.6 Å². The minimum atomic E-state index is -1.90. The zero-order valence-corrected chi connectivity index (χ0v) is 21.5. The van der Waals surface area contributed by atoms with Gasteiger partial charge in [0.05, 0.1) is 6.26 Å². The summed E-state index contributed by atoms with van der Waals surface area (Å²) in [5.41, 5.74) is 1.15. The van der Waals surface area contributed by atoms with Crippen LogP contribution in [0, 0.1) is 0 Å². The number of carbonyl (C=O) groups is 1. The monoisotopic (exact) mass is 509 g/mol. The van der Waals surface area contributed by atoms with Crippen molar-refractivity contribution in [2.24, 2.45) is 0 Å². The summed E-state index contributed by atoms with van der Waals surface area (Å²) in [7, 11) is 0. The Kier molecular flexibility index (Phi) is 8.37. The van der Waals surface area contributed by atoms with Crippen molar-refractivity contribution in [3.63, 3.8) is 0 Å². The molecule has 1 saturated carbocycles. The van der Waals surface area contributed by atoms with E-state index in [1.807, 2.05) is 78.9 Å². The fraction of sp³-hybridized carbons (Fsp3) is 0.303. The second-order valence-corrected chi connectivity index (χ2v) is 10.1. The van der Waals surface area contributed by atoms with Crippen LogP contribution >= 0.6 is 0 Å². The van der Waals surface area contributed by atoms with E-state index in [-0.39, 0.29) is 18.4 Å². The Labute approximate surface area is 224 Å². The van der Waals surface area contributed by atoms with Crippen LogP contribution in [0.25, 0.3) is 0 Å². The molecule has 0 bridgehead atoms. The van der Waals surface area contributed by atoms with Crippen LogP contribution in [0.5, 0.6) is 0 Å². The molecule has 0 unspecified atom stereocenters. The summed E-state index contributed by atoms with van der Waals surface area (Å²) in [6.45, 7) is 0.451. The third-order valence-corrected chi connectivity index (χ3v) is 7.52. The molecule has 5 heteroatoms. The minimum Gasteiger partial charge on any atom is -0.468 e. The topological polar surface area (TPSA) is 71.7 Å². The molecule has 2 N–H and O–H groups in total. The number of hydrogen-bond acceptors (Lipinski definition) is 5. The molecule has 0 aliphatic heterocycles. The van der Waals surface area contributed by atoms with Gasteiger partial charge in [0.2, 0.25) is 0 Å². The van der Waals surface area contributed by atoms with Gasteiger partial charge in [-0.3, -0.25) is 0 Å². The lowest BCUT2D eigenvalue weighted by Crippen LogP contribution is -2.53. The van der Waals surface area contributed by atoms with Gasteiger partial charge in [-0.05, 0) is 48.1 Å². The molecule has 0 amide bonds. The fourth-order valence-corrected chi connectivity index (χ4v) is 5.53. The molecule has 5 rings (SSSR count). The maximum atomic E-state index is 14.1. The molecule has 1 heterocycles. The van der Waals surface area contributed by atoms with Crippen molar-refractivity contribution in [2.75, 3.05) is 0 Å². The molecular weight excluding hydrogens is 474 g/mol. The highest BCUT2D eigenvalue weighted by atomic mass is 16.6. The normalized spacial score (nSPS) is 19.8. The van der Waals surface area contributed by atoms with E-state index in [9.17, 15) is 9.90 Å². The van der Waals surface area contributed by atoms with Crippen molar-refractivity contribution in [3.05, 3.63) is 132 Å². The van der Waals surface area contributed by atoms with Crippen LogP contribution in [0.15, 0.2) is 114 Å². The first-order chi connectivity index (χ1) is 18.6. The van der Waals surface area contributed by atoms with Gasteiger partial charge in [0.1, 0.15) is 17.9 Å². The third-order valence-electron chi connectivity index (χ3n) is 7.52. The van der Waals surface area contributed by atoms with Gasteiger partial charge in [-0.15, -0.1) is 0 Å². The van der Waals surface area contributed by atoms with Gasteiger partial charge in [-0.1, -0.05) is 97.4 Å². The zero-order chi connectivity index (χ0) is 26.2. The second kappa shape index (κ2) is 12.2. The maximum absolute atomic E-state index is 14.1. The Balaban J connectivity index is 1.46. The molecule has 0 saturated heterocycles. The zero-order valence-electron chi connectivity index (χ0n) is 21.5. The van der Waals surface area contributed by atoms with Crippen molar-refractivity contribution in [3.8, 4) is 0 Å². The summed E-state index contributed by atoms with van der Waals surface area (Å²) in [4.78, 5) is 14.1. The standard InChI is InChI=1S/C33H35NO4/c35-32(38-29-20-11-10-19-28(29)27-17-8-3-9-18-27)33(36,23-25-13-4-1-5-14-25)31(30-21-12-22-37-30)34-24-26-15-6-2-7-16-26/h1-9,12-18,21-22,28-29,31,34,36H,10-11,19-20,23-24H2/t28-,29+,31+,33+/m0/s1. The molecular formula is C33H35NO4. The van der Waals surface area contributed by atoms with Crippen molar-refractivity contribution < 1.29 is 19.1 Å². The van der Waals surface area contributed by atoms with Gasteiger partial charge >= 0.3 is 5.97 Å². The summed E-state index contributed by atoms with van der Waals surface area (Å²) in [5, 5.41) is 15.7. The molecule has 38 heavy (non-hydrogen) atoms. The Hall–Kier alpha value is -3.67. The van der Waals surface area contributed by atoms with Crippen LogP contribution in [0.4, 0.5) is 0 Å². The number of hydrogen-bond donors (Lipinski definition) is 2. The average molecular weight is 510 g/mol. The summed E-state index contributed by atoms with van der Waals surface area (Å²) in [5.74, 6) is -0.0371. The number of esters is 1. The van der Waals surface area contributed by atoms with Gasteiger partial charge in [0.25, 0.3) is 0 Å². The molecule has 3 aromatic carbocycles. The number of ether oxygens (including phenoxy) is 1. The van der Waals surface area contributed by atoms with Crippen LogP contribution < -0.4 is 5.32 Å². The first-order valence-corrected chi connectivity index (χ1v) is 13.5. The largest absolute Gasteiger partial charge is 0.468 e. The van der Waals surface area contributed by atoms with Gasteiger partial charge in [-0.25, -0.2) is 4.79 Å². The molecule has 1 fully saturated rings. The van der Waals surface area contributed by atoms with Gasteiger partial charge in [-0.2, -0.15) is 0 Å². The van der Waals surface area contributed by atoms with Crippen molar-refractivity contribution in [1.82, 2.24) is 5.32 Å². The van der Waals surface area contributed by atoms with Crippen molar-refractivity contribution in [2.45, 2.75) is 62.3 Å². The van der Waals surface area contributed by atoms with Crippen LogP contribution in [0.2, 0.25) is 0 Å². The van der Waals surface area contributed by atoms with E-state index in [4.69, 9.17) is 9.15 Å². The highest BCUT2D eigenvalue weighted by Gasteiger charge is 2.49. The number of nitrogens with one attached hydrogen (secondary N) is 1. The van der Waals surface area contributed by atoms with E-state index in [0.717, 1.165) is 36.8 Å². The number of aliphatic hydroxyl groups is 1. The SMILES string of the molecule is O=C(O[C@@H]1CCCC[C@H]1c1ccccc1)[C@@](O)(Cc1ccccc1)[C@H](NCc1ccccc1)c1ccco1. The Morgan fingerprint density at radius 2 is 1.50 bits per heavy atom. The number of rotatable bonds is 10. The van der Waals surface area contributed by atoms with Crippen molar-refractivity contribution >= 4 is 5.97 Å². The summed E-state index contributed by atoms with van der Waals surface area (Å²) >= 11 is 0. The van der Waals surface area contributed by atoms with Crippen LogP contribution in [0.1, 0.15) is 60.1 Å². The molecule has 4 aromatic rings. The van der Waals surface area contributed by atoms with E-state index < -0.39 is 17.6 Å². The predicted molar refractivity (Wildman–Crippen MR) is 147 cm³/mol. The molecule has 1 aliphatic rings. The lowest BCUT2D eigenvalue weighted by atomic mass is 9.81. The van der Waals surface area contributed by atoms with Gasteiger partial charge in [0, 0.05) is 18.9 Å². The highest BCUT2D eigenvalue weighted by Crippen LogP contribution is 2.38. The molecule has 1 aromatic heterocycles. The number of furan rings is 1. The average Bonchev–Trinajstić information content (AvgIpc) is 3.49. The highest BCUT2D eigenvalue weighted by molar-refractivity contribution is 5.81. The van der Waals surface area contributed by atoms with Crippen LogP contribution in [-0.4, -0.2) is 22.8 Å². The van der Waals surface area contributed by atoms with E-state index in [0.29, 0.717) is 12.3 Å². The lowest BCUT2D eigenvalue weighted by Gasteiger charge is -2.38. The lowest BCUT2D eigenvalue weighted by molar-refractivity contribution is -0.178. The Morgan fingerprint density at radius 1 is 0.868 bits per heavy atom. The molecule has 0 spiro atoms. The molecule has 5 nitrogen and oxygen atoms in total. The third kappa shape index (κ3) is 6.07. The van der Waals surface area contributed by atoms with E-state index in [1.54, 1.807) is 18.4 Å². The quantitative estimate of drug-likeness (QED) is 0.244. The summed E-state index contributed by atoms with van der Waals surface area (Å²) < 4.78 is 12.0. The first-order valence-electron chi connectivity index (χ1n) is 13.5. The molecule has 196 valence electrons. The summed E-state index contributed by atoms with van der Waals surface area (Å²) in [6.07, 6.45) is 5.16. The number of benzene rings is 3. The Bertz CT molecular complexity index is 1260. The molecule has 4 atom stereocenters. The fourth-order valence-electron chi connectivity index (χ4n) is 5.53. The summed E-state index contributed by atoms with van der Waals surface area (Å²) in [6, 6.07) is 32.5. The molecule has 0 radical (unpaired) electrons. The smallest absolute Gasteiger partial charge is 0.340 e.